The molecule has 0 fully saturated rings. The first-order valence-electron chi connectivity index (χ1n) is 9.92. The van der Waals surface area contributed by atoms with Crippen LogP contribution in [0.25, 0.3) is 11.5 Å². The number of hydrogen-bond donors (Lipinski definition) is 2. The van der Waals surface area contributed by atoms with Crippen molar-refractivity contribution in [2.75, 3.05) is 13.1 Å². The molecule has 0 aliphatic carbocycles. The van der Waals surface area contributed by atoms with Crippen molar-refractivity contribution < 1.29 is 4.42 Å². The minimum Gasteiger partial charge on any atom is -0.444 e. The number of guanidine groups is 1. The molecular weight excluding hydrogens is 382 g/mol. The molecule has 7 heteroatoms. The van der Waals surface area contributed by atoms with Gasteiger partial charge in [-0.25, -0.2) is 15.0 Å². The van der Waals surface area contributed by atoms with Crippen molar-refractivity contribution in [2.45, 2.75) is 46.1 Å². The van der Waals surface area contributed by atoms with Crippen LogP contribution in [0.4, 0.5) is 0 Å². The molecule has 1 aromatic carbocycles. The monoisotopic (exact) mass is 411 g/mol. The van der Waals surface area contributed by atoms with Gasteiger partial charge in [-0.05, 0) is 19.1 Å². The van der Waals surface area contributed by atoms with Crippen LogP contribution in [-0.4, -0.2) is 29.0 Å². The summed E-state index contributed by atoms with van der Waals surface area (Å²) in [7, 11) is 0. The van der Waals surface area contributed by atoms with Crippen LogP contribution in [0.3, 0.4) is 0 Å². The van der Waals surface area contributed by atoms with E-state index in [-0.39, 0.29) is 5.41 Å². The SMILES string of the molecule is CCNC(=NCc1coc(-c2ccccc2)n1)NCCc1nc(C(C)(C)C)cs1. The van der Waals surface area contributed by atoms with E-state index in [0.29, 0.717) is 12.4 Å². The van der Waals surface area contributed by atoms with Crippen LogP contribution in [0.1, 0.15) is 44.1 Å². The first-order valence-corrected chi connectivity index (χ1v) is 10.8. The standard InChI is InChI=1S/C22H29N5OS/c1-5-23-21(24-12-11-19-27-18(15-29-19)22(2,3)4)25-13-17-14-28-20(26-17)16-9-7-6-8-10-16/h6-10,14-15H,5,11-13H2,1-4H3,(H2,23,24,25). The van der Waals surface area contributed by atoms with Crippen LogP contribution in [0.15, 0.2) is 51.4 Å². The van der Waals surface area contributed by atoms with Crippen molar-refractivity contribution in [3.8, 4) is 11.5 Å². The number of aromatic nitrogens is 2. The van der Waals surface area contributed by atoms with Gasteiger partial charge in [-0.3, -0.25) is 0 Å². The first-order chi connectivity index (χ1) is 14.0. The third-order valence-electron chi connectivity index (χ3n) is 4.27. The molecule has 3 aromatic rings. The van der Waals surface area contributed by atoms with E-state index in [1.807, 2.05) is 30.3 Å². The molecule has 0 saturated carbocycles. The summed E-state index contributed by atoms with van der Waals surface area (Å²) in [5, 5.41) is 9.94. The Hall–Kier alpha value is -2.67. The number of benzene rings is 1. The lowest BCUT2D eigenvalue weighted by atomic mass is 9.93. The smallest absolute Gasteiger partial charge is 0.226 e. The number of nitrogens with zero attached hydrogens (tertiary/aromatic N) is 3. The van der Waals surface area contributed by atoms with Gasteiger partial charge in [0.2, 0.25) is 5.89 Å². The van der Waals surface area contributed by atoms with Crippen molar-refractivity contribution in [3.63, 3.8) is 0 Å². The fraction of sp³-hybridized carbons (Fsp3) is 0.409. The Morgan fingerprint density at radius 3 is 2.62 bits per heavy atom. The molecule has 0 spiro atoms. The predicted octanol–water partition coefficient (Wildman–Crippen LogP) is 4.39. The summed E-state index contributed by atoms with van der Waals surface area (Å²) in [6.45, 7) is 10.6. The van der Waals surface area contributed by atoms with Crippen LogP contribution in [0.5, 0.6) is 0 Å². The van der Waals surface area contributed by atoms with Crippen LogP contribution in [0, 0.1) is 0 Å². The molecule has 0 aliphatic heterocycles. The molecule has 2 aromatic heterocycles. The van der Waals surface area contributed by atoms with Crippen molar-refractivity contribution in [3.05, 3.63) is 58.4 Å². The molecule has 2 heterocycles. The zero-order chi connectivity index (χ0) is 20.7. The van der Waals surface area contributed by atoms with Gasteiger partial charge in [0, 0.05) is 35.9 Å². The van der Waals surface area contributed by atoms with Gasteiger partial charge in [-0.1, -0.05) is 39.0 Å². The quantitative estimate of drug-likeness (QED) is 0.445. The summed E-state index contributed by atoms with van der Waals surface area (Å²) in [5.41, 5.74) is 3.01. The van der Waals surface area contributed by atoms with Gasteiger partial charge >= 0.3 is 0 Å². The Morgan fingerprint density at radius 2 is 1.93 bits per heavy atom. The number of hydrogen-bond acceptors (Lipinski definition) is 5. The molecule has 0 bridgehead atoms. The molecule has 0 aliphatic rings. The third kappa shape index (κ3) is 6.15. The molecule has 0 radical (unpaired) electrons. The summed E-state index contributed by atoms with van der Waals surface area (Å²) in [4.78, 5) is 13.9. The second-order valence-electron chi connectivity index (χ2n) is 7.76. The van der Waals surface area contributed by atoms with Gasteiger partial charge < -0.3 is 15.1 Å². The highest BCUT2D eigenvalue weighted by Crippen LogP contribution is 2.24. The summed E-state index contributed by atoms with van der Waals surface area (Å²) in [6, 6.07) is 9.87. The van der Waals surface area contributed by atoms with E-state index in [1.54, 1.807) is 17.6 Å². The Kier molecular flexibility index (Phi) is 7.04. The Morgan fingerprint density at radius 1 is 1.14 bits per heavy atom. The zero-order valence-electron chi connectivity index (χ0n) is 17.5. The Balaban J connectivity index is 1.55. The first kappa shape index (κ1) is 21.0. The maximum atomic E-state index is 5.58. The summed E-state index contributed by atoms with van der Waals surface area (Å²) < 4.78 is 5.58. The minimum absolute atomic E-state index is 0.0920. The number of aliphatic imine (C=N–C) groups is 1. The van der Waals surface area contributed by atoms with E-state index in [2.05, 4.69) is 53.7 Å². The normalized spacial score (nSPS) is 12.2. The van der Waals surface area contributed by atoms with Crippen molar-refractivity contribution in [1.29, 1.82) is 0 Å². The largest absolute Gasteiger partial charge is 0.444 e. The van der Waals surface area contributed by atoms with Crippen molar-refractivity contribution >= 4 is 17.3 Å². The third-order valence-corrected chi connectivity index (χ3v) is 5.18. The van der Waals surface area contributed by atoms with E-state index in [4.69, 9.17) is 9.40 Å². The topological polar surface area (TPSA) is 75.3 Å². The molecule has 3 rings (SSSR count). The lowest BCUT2D eigenvalue weighted by Crippen LogP contribution is -2.38. The fourth-order valence-corrected chi connectivity index (χ4v) is 3.68. The van der Waals surface area contributed by atoms with E-state index in [1.165, 1.54) is 0 Å². The molecule has 0 atom stereocenters. The van der Waals surface area contributed by atoms with Crippen molar-refractivity contribution in [2.24, 2.45) is 4.99 Å². The number of nitrogens with one attached hydrogen (secondary N) is 2. The van der Waals surface area contributed by atoms with Gasteiger partial charge in [0.05, 0.1) is 17.2 Å². The maximum absolute atomic E-state index is 5.58. The van der Waals surface area contributed by atoms with E-state index in [0.717, 1.165) is 47.4 Å². The molecular formula is C22H29N5OS. The predicted molar refractivity (Wildman–Crippen MR) is 119 cm³/mol. The minimum atomic E-state index is 0.0920. The zero-order valence-corrected chi connectivity index (χ0v) is 18.3. The maximum Gasteiger partial charge on any atom is 0.226 e. The molecule has 29 heavy (non-hydrogen) atoms. The van der Waals surface area contributed by atoms with E-state index in [9.17, 15) is 0 Å². The average molecular weight is 412 g/mol. The van der Waals surface area contributed by atoms with Gasteiger partial charge in [0.1, 0.15) is 12.0 Å². The summed E-state index contributed by atoms with van der Waals surface area (Å²) in [5.74, 6) is 1.39. The highest BCUT2D eigenvalue weighted by atomic mass is 32.1. The second-order valence-corrected chi connectivity index (χ2v) is 8.70. The lowest BCUT2D eigenvalue weighted by Gasteiger charge is -2.14. The highest BCUT2D eigenvalue weighted by Gasteiger charge is 2.17. The van der Waals surface area contributed by atoms with Crippen molar-refractivity contribution in [1.82, 2.24) is 20.6 Å². The van der Waals surface area contributed by atoms with Gasteiger partial charge in [0.25, 0.3) is 0 Å². The summed E-state index contributed by atoms with van der Waals surface area (Å²) in [6.07, 6.45) is 2.53. The Labute approximate surface area is 176 Å². The highest BCUT2D eigenvalue weighted by molar-refractivity contribution is 7.09. The van der Waals surface area contributed by atoms with Gasteiger partial charge in [-0.15, -0.1) is 11.3 Å². The van der Waals surface area contributed by atoms with Gasteiger partial charge in [-0.2, -0.15) is 0 Å². The van der Waals surface area contributed by atoms with Crippen LogP contribution in [0.2, 0.25) is 0 Å². The molecule has 0 unspecified atom stereocenters. The van der Waals surface area contributed by atoms with E-state index < -0.39 is 0 Å². The van der Waals surface area contributed by atoms with Crippen LogP contribution in [-0.2, 0) is 18.4 Å². The van der Waals surface area contributed by atoms with Crippen LogP contribution >= 0.6 is 11.3 Å². The summed E-state index contributed by atoms with van der Waals surface area (Å²) >= 11 is 1.72. The molecule has 2 N–H and O–H groups in total. The molecule has 0 amide bonds. The molecule has 0 saturated heterocycles. The number of rotatable bonds is 7. The lowest BCUT2D eigenvalue weighted by molar-refractivity contribution is 0.570. The molecule has 154 valence electrons. The average Bonchev–Trinajstić information content (AvgIpc) is 3.36. The van der Waals surface area contributed by atoms with E-state index >= 15 is 0 Å². The second kappa shape index (κ2) is 9.69. The fourth-order valence-electron chi connectivity index (χ4n) is 2.65. The number of oxazole rings is 1. The number of thiazole rings is 1. The van der Waals surface area contributed by atoms with Crippen LogP contribution < -0.4 is 10.6 Å². The molecule has 6 nitrogen and oxygen atoms in total. The Bertz CT molecular complexity index is 924. The van der Waals surface area contributed by atoms with Gasteiger partial charge in [0.15, 0.2) is 5.96 Å².